The minimum Gasteiger partial charge on any atom is -0.457 e. The van der Waals surface area contributed by atoms with Crippen LogP contribution >= 0.6 is 0 Å². The molecule has 6 N–H and O–H groups in total. The summed E-state index contributed by atoms with van der Waals surface area (Å²) in [5, 5.41) is 12.5. The van der Waals surface area contributed by atoms with E-state index in [1.54, 1.807) is 19.1 Å². The molecule has 31 heavy (non-hydrogen) atoms. The number of nitrogens with one attached hydrogen (secondary N) is 1. The Balaban J connectivity index is 2.01. The Kier molecular flexibility index (Phi) is 6.78. The lowest BCUT2D eigenvalue weighted by atomic mass is 10.1. The number of anilines is 1. The van der Waals surface area contributed by atoms with Crippen LogP contribution in [0, 0.1) is 5.82 Å². The van der Waals surface area contributed by atoms with Gasteiger partial charge in [-0.05, 0) is 49.2 Å². The predicted octanol–water partition coefficient (Wildman–Crippen LogP) is 2.81. The lowest BCUT2D eigenvalue weighted by Crippen LogP contribution is -2.38. The van der Waals surface area contributed by atoms with Crippen LogP contribution in [0.3, 0.4) is 0 Å². The molecule has 0 radical (unpaired) electrons. The van der Waals surface area contributed by atoms with E-state index >= 15 is 0 Å². The molecule has 0 saturated heterocycles. The van der Waals surface area contributed by atoms with Crippen molar-refractivity contribution >= 4 is 11.7 Å². The Morgan fingerprint density at radius 3 is 2.52 bits per heavy atom. The maximum absolute atomic E-state index is 13.2. The number of benzene rings is 2. The number of aromatic nitrogens is 2. The molecule has 9 heteroatoms. The monoisotopic (exact) mass is 425 g/mol. The third-order valence-electron chi connectivity index (χ3n) is 4.61. The van der Waals surface area contributed by atoms with Gasteiger partial charge >= 0.3 is 0 Å². The molecule has 1 aromatic heterocycles. The average Bonchev–Trinajstić information content (AvgIpc) is 2.75. The van der Waals surface area contributed by atoms with Gasteiger partial charge in [0.05, 0.1) is 6.04 Å². The number of carbonyl (C=O) groups excluding carboxylic acids is 1. The van der Waals surface area contributed by atoms with E-state index in [4.69, 9.17) is 16.2 Å². The smallest absolute Gasteiger partial charge is 0.267 e. The van der Waals surface area contributed by atoms with Gasteiger partial charge in [0.1, 0.15) is 35.1 Å². The zero-order valence-corrected chi connectivity index (χ0v) is 17.2. The first-order valence-electron chi connectivity index (χ1n) is 9.72. The number of nitrogens with two attached hydrogens (primary N) is 2. The summed E-state index contributed by atoms with van der Waals surface area (Å²) in [6.07, 6.45) is -0.424. The van der Waals surface area contributed by atoms with Crippen molar-refractivity contribution in [2.24, 2.45) is 11.5 Å². The van der Waals surface area contributed by atoms with Gasteiger partial charge in [-0.15, -0.1) is 0 Å². The number of halogens is 1. The Morgan fingerprint density at radius 1 is 1.19 bits per heavy atom. The summed E-state index contributed by atoms with van der Waals surface area (Å²) in [5.41, 5.74) is 12.4. The summed E-state index contributed by atoms with van der Waals surface area (Å²) >= 11 is 0. The number of hydrogen-bond acceptors (Lipinski definition) is 7. The third kappa shape index (κ3) is 5.53. The lowest BCUT2D eigenvalue weighted by Gasteiger charge is -2.18. The van der Waals surface area contributed by atoms with Gasteiger partial charge in [-0.25, -0.2) is 14.4 Å². The number of primary amides is 1. The van der Waals surface area contributed by atoms with Crippen LogP contribution in [0.15, 0.2) is 48.5 Å². The first-order chi connectivity index (χ1) is 14.8. The van der Waals surface area contributed by atoms with E-state index in [9.17, 15) is 14.3 Å². The zero-order valence-electron chi connectivity index (χ0n) is 17.2. The first kappa shape index (κ1) is 22.1. The summed E-state index contributed by atoms with van der Waals surface area (Å²) in [6, 6.07) is 12.0. The number of ether oxygens (including phenoxy) is 1. The minimum atomic E-state index is -1.13. The van der Waals surface area contributed by atoms with Crippen LogP contribution in [0.4, 0.5) is 10.2 Å². The van der Waals surface area contributed by atoms with Gasteiger partial charge in [0.15, 0.2) is 5.82 Å². The number of amides is 1. The van der Waals surface area contributed by atoms with Crippen LogP contribution in [0.2, 0.25) is 0 Å². The lowest BCUT2D eigenvalue weighted by molar-refractivity contribution is 0.0995. The number of rotatable bonds is 8. The minimum absolute atomic E-state index is 0.00628. The van der Waals surface area contributed by atoms with E-state index in [-0.39, 0.29) is 23.2 Å². The fraction of sp³-hybridized carbons (Fsp3) is 0.227. The molecule has 1 amide bonds. The average molecular weight is 425 g/mol. The molecule has 162 valence electrons. The number of aryl methyl sites for hydroxylation is 1. The van der Waals surface area contributed by atoms with Gasteiger partial charge in [0, 0.05) is 11.6 Å². The molecule has 0 saturated carbocycles. The third-order valence-corrected chi connectivity index (χ3v) is 4.61. The molecule has 2 unspecified atom stereocenters. The Labute approximate surface area is 179 Å². The van der Waals surface area contributed by atoms with Crippen molar-refractivity contribution in [3.63, 3.8) is 0 Å². The van der Waals surface area contributed by atoms with Crippen molar-refractivity contribution in [2.45, 2.75) is 32.5 Å². The summed E-state index contributed by atoms with van der Waals surface area (Å²) in [7, 11) is 0. The normalized spacial score (nSPS) is 12.8. The Morgan fingerprint density at radius 2 is 1.90 bits per heavy atom. The molecule has 0 aliphatic rings. The molecular formula is C22H24FN5O3. The molecule has 0 spiro atoms. The number of hydrogen-bond donors (Lipinski definition) is 4. The summed E-state index contributed by atoms with van der Waals surface area (Å²) < 4.78 is 19.1. The number of carbonyl (C=O) groups is 1. The van der Waals surface area contributed by atoms with Crippen LogP contribution in [0.25, 0.3) is 11.4 Å². The van der Waals surface area contributed by atoms with E-state index in [2.05, 4.69) is 15.3 Å². The molecule has 0 aliphatic carbocycles. The fourth-order valence-corrected chi connectivity index (χ4v) is 2.81. The highest BCUT2D eigenvalue weighted by Gasteiger charge is 2.16. The predicted molar refractivity (Wildman–Crippen MR) is 115 cm³/mol. The largest absolute Gasteiger partial charge is 0.457 e. The molecule has 3 rings (SSSR count). The van der Waals surface area contributed by atoms with Crippen LogP contribution in [0.5, 0.6) is 11.5 Å². The maximum atomic E-state index is 13.2. The van der Waals surface area contributed by atoms with Crippen molar-refractivity contribution < 1.29 is 19.0 Å². The van der Waals surface area contributed by atoms with Gasteiger partial charge in [-0.2, -0.15) is 0 Å². The maximum Gasteiger partial charge on any atom is 0.267 e. The van der Waals surface area contributed by atoms with Gasteiger partial charge in [-0.1, -0.05) is 19.1 Å². The summed E-state index contributed by atoms with van der Waals surface area (Å²) in [5.74, 6) is 0.486. The summed E-state index contributed by atoms with van der Waals surface area (Å²) in [6.45, 7) is 3.65. The van der Waals surface area contributed by atoms with Gasteiger partial charge < -0.3 is 26.6 Å². The van der Waals surface area contributed by atoms with Crippen LogP contribution in [0.1, 0.15) is 29.9 Å². The Bertz CT molecular complexity index is 1070. The second-order valence-corrected chi connectivity index (χ2v) is 6.98. The molecular weight excluding hydrogens is 401 g/mol. The van der Waals surface area contributed by atoms with Crippen LogP contribution in [-0.4, -0.2) is 33.3 Å². The van der Waals surface area contributed by atoms with E-state index < -0.39 is 18.2 Å². The van der Waals surface area contributed by atoms with E-state index in [0.29, 0.717) is 23.5 Å². The highest BCUT2D eigenvalue weighted by molar-refractivity contribution is 5.92. The standard InChI is InChI=1S/C22H24FN5O3/c1-3-13-4-5-14(10-18(13)31-16-8-6-15(23)7-9-16)22-27-17(21(25)30)11-19(28-22)26-12(2)20(24)29/h4-12,20,29H,3,24H2,1-2H3,(H2,25,30)(H,26,27,28). The fourth-order valence-electron chi connectivity index (χ4n) is 2.81. The van der Waals surface area contributed by atoms with Crippen molar-refractivity contribution in [2.75, 3.05) is 5.32 Å². The molecule has 2 atom stereocenters. The van der Waals surface area contributed by atoms with Crippen molar-refractivity contribution in [1.82, 2.24) is 9.97 Å². The van der Waals surface area contributed by atoms with Crippen molar-refractivity contribution in [3.05, 3.63) is 65.6 Å². The van der Waals surface area contributed by atoms with Crippen LogP contribution < -0.4 is 21.5 Å². The van der Waals surface area contributed by atoms with E-state index in [0.717, 1.165) is 5.56 Å². The quantitative estimate of drug-likeness (QED) is 0.407. The number of nitrogens with zero attached hydrogens (tertiary/aromatic N) is 2. The molecule has 0 fully saturated rings. The molecule has 1 heterocycles. The number of aliphatic hydroxyl groups is 1. The van der Waals surface area contributed by atoms with Crippen LogP contribution in [-0.2, 0) is 6.42 Å². The molecule has 3 aromatic rings. The highest BCUT2D eigenvalue weighted by atomic mass is 19.1. The van der Waals surface area contributed by atoms with E-state index in [1.807, 2.05) is 13.0 Å². The second kappa shape index (κ2) is 9.50. The highest BCUT2D eigenvalue weighted by Crippen LogP contribution is 2.31. The van der Waals surface area contributed by atoms with Crippen molar-refractivity contribution in [1.29, 1.82) is 0 Å². The Hall–Kier alpha value is -3.56. The van der Waals surface area contributed by atoms with Gasteiger partial charge in [0.2, 0.25) is 0 Å². The van der Waals surface area contributed by atoms with Gasteiger partial charge in [-0.3, -0.25) is 4.79 Å². The molecule has 8 nitrogen and oxygen atoms in total. The number of aliphatic hydroxyl groups excluding tert-OH is 1. The first-order valence-corrected chi connectivity index (χ1v) is 9.72. The zero-order chi connectivity index (χ0) is 22.5. The topological polar surface area (TPSA) is 136 Å². The molecule has 0 bridgehead atoms. The second-order valence-electron chi connectivity index (χ2n) is 6.98. The van der Waals surface area contributed by atoms with Crippen molar-refractivity contribution in [3.8, 4) is 22.9 Å². The molecule has 0 aliphatic heterocycles. The SMILES string of the molecule is CCc1ccc(-c2nc(NC(C)C(N)O)cc(C(N)=O)n2)cc1Oc1ccc(F)cc1. The van der Waals surface area contributed by atoms with Gasteiger partial charge in [0.25, 0.3) is 5.91 Å². The molecule has 2 aromatic carbocycles. The summed E-state index contributed by atoms with van der Waals surface area (Å²) in [4.78, 5) is 20.4. The van der Waals surface area contributed by atoms with E-state index in [1.165, 1.54) is 30.3 Å².